The molecule has 0 radical (unpaired) electrons. The van der Waals surface area contributed by atoms with Crippen molar-refractivity contribution in [1.82, 2.24) is 5.43 Å². The molecule has 0 aliphatic heterocycles. The Hall–Kier alpha value is -0.320. The predicted octanol–water partition coefficient (Wildman–Crippen LogP) is 3.91. The minimum Gasteiger partial charge on any atom is -0.466 e. The van der Waals surface area contributed by atoms with Crippen LogP contribution in [-0.2, 0) is 0 Å². The Bertz CT molecular complexity index is 334. The van der Waals surface area contributed by atoms with Crippen LogP contribution in [0.2, 0.25) is 0 Å². The molecular formula is C13H21BrN2O. The van der Waals surface area contributed by atoms with E-state index >= 15 is 0 Å². The van der Waals surface area contributed by atoms with Crippen LogP contribution in [0.15, 0.2) is 21.2 Å². The van der Waals surface area contributed by atoms with E-state index in [1.165, 1.54) is 38.5 Å². The monoisotopic (exact) mass is 300 g/mol. The molecule has 1 unspecified atom stereocenters. The van der Waals surface area contributed by atoms with Gasteiger partial charge in [0, 0.05) is 0 Å². The summed E-state index contributed by atoms with van der Waals surface area (Å²) in [5.74, 6) is 7.42. The van der Waals surface area contributed by atoms with Crippen molar-refractivity contribution in [3.8, 4) is 0 Å². The number of hydrogen-bond donors (Lipinski definition) is 2. The summed E-state index contributed by atoms with van der Waals surface area (Å²) in [5.41, 5.74) is 2.86. The molecule has 3 nitrogen and oxygen atoms in total. The van der Waals surface area contributed by atoms with E-state index in [0.717, 1.165) is 22.6 Å². The molecule has 3 N–H and O–H groups in total. The Morgan fingerprint density at radius 3 is 2.76 bits per heavy atom. The lowest BCUT2D eigenvalue weighted by atomic mass is 9.85. The van der Waals surface area contributed by atoms with E-state index < -0.39 is 0 Å². The molecule has 0 amide bonds. The molecule has 0 saturated heterocycles. The van der Waals surface area contributed by atoms with Crippen LogP contribution >= 0.6 is 15.9 Å². The Kier molecular flexibility index (Phi) is 5.07. The van der Waals surface area contributed by atoms with Gasteiger partial charge in [0.25, 0.3) is 0 Å². The van der Waals surface area contributed by atoms with Gasteiger partial charge >= 0.3 is 0 Å². The first kappa shape index (κ1) is 13.1. The standard InChI is InChI=1S/C13H21BrN2O/c14-11-8-9-17-13(11)12(16-15)7-6-10-4-2-1-3-5-10/h8-10,12,16H,1-7,15H2. The van der Waals surface area contributed by atoms with Crippen LogP contribution in [0.1, 0.15) is 56.7 Å². The second-order valence-electron chi connectivity index (χ2n) is 4.93. The quantitative estimate of drug-likeness (QED) is 0.640. The van der Waals surface area contributed by atoms with E-state index in [1.54, 1.807) is 6.26 Å². The van der Waals surface area contributed by atoms with Crippen molar-refractivity contribution < 1.29 is 4.42 Å². The maximum absolute atomic E-state index is 5.62. The first-order chi connectivity index (χ1) is 8.31. The van der Waals surface area contributed by atoms with E-state index in [-0.39, 0.29) is 6.04 Å². The summed E-state index contributed by atoms with van der Waals surface area (Å²) < 4.78 is 6.47. The summed E-state index contributed by atoms with van der Waals surface area (Å²) in [7, 11) is 0. The van der Waals surface area contributed by atoms with E-state index in [4.69, 9.17) is 10.3 Å². The van der Waals surface area contributed by atoms with Gasteiger partial charge in [-0.3, -0.25) is 5.84 Å². The molecule has 0 spiro atoms. The van der Waals surface area contributed by atoms with Gasteiger partial charge in [0.1, 0.15) is 5.76 Å². The van der Waals surface area contributed by atoms with Crippen molar-refractivity contribution in [2.24, 2.45) is 11.8 Å². The Balaban J connectivity index is 1.85. The molecule has 96 valence electrons. The first-order valence-corrected chi connectivity index (χ1v) is 7.29. The fourth-order valence-corrected chi connectivity index (χ4v) is 3.20. The Morgan fingerprint density at radius 1 is 1.41 bits per heavy atom. The molecule has 1 heterocycles. The van der Waals surface area contributed by atoms with Crippen molar-refractivity contribution >= 4 is 15.9 Å². The lowest BCUT2D eigenvalue weighted by Crippen LogP contribution is -2.28. The molecule has 4 heteroatoms. The molecule has 17 heavy (non-hydrogen) atoms. The molecule has 1 aromatic rings. The lowest BCUT2D eigenvalue weighted by molar-refractivity contribution is 0.301. The highest BCUT2D eigenvalue weighted by molar-refractivity contribution is 9.10. The Morgan fingerprint density at radius 2 is 2.18 bits per heavy atom. The fourth-order valence-electron chi connectivity index (χ4n) is 2.72. The third-order valence-corrected chi connectivity index (χ3v) is 4.41. The van der Waals surface area contributed by atoms with Crippen LogP contribution in [0.25, 0.3) is 0 Å². The van der Waals surface area contributed by atoms with E-state index in [0.29, 0.717) is 0 Å². The van der Waals surface area contributed by atoms with E-state index in [2.05, 4.69) is 21.4 Å². The normalized spacial score (nSPS) is 19.4. The smallest absolute Gasteiger partial charge is 0.136 e. The molecule has 0 bridgehead atoms. The lowest BCUT2D eigenvalue weighted by Gasteiger charge is -2.23. The van der Waals surface area contributed by atoms with Crippen LogP contribution in [0.4, 0.5) is 0 Å². The zero-order chi connectivity index (χ0) is 12.1. The minimum absolute atomic E-state index is 0.126. The van der Waals surface area contributed by atoms with Crippen molar-refractivity contribution in [1.29, 1.82) is 0 Å². The number of nitrogens with two attached hydrogens (primary N) is 1. The van der Waals surface area contributed by atoms with Crippen LogP contribution in [0, 0.1) is 5.92 Å². The topological polar surface area (TPSA) is 51.2 Å². The summed E-state index contributed by atoms with van der Waals surface area (Å²) in [5, 5.41) is 0. The van der Waals surface area contributed by atoms with Gasteiger partial charge in [0.05, 0.1) is 16.8 Å². The SMILES string of the molecule is NNC(CCC1CCCCC1)c1occc1Br. The van der Waals surface area contributed by atoms with E-state index in [9.17, 15) is 0 Å². The van der Waals surface area contributed by atoms with Gasteiger partial charge in [-0.05, 0) is 40.8 Å². The first-order valence-electron chi connectivity index (χ1n) is 6.50. The molecular weight excluding hydrogens is 280 g/mol. The number of furan rings is 1. The Labute approximate surface area is 111 Å². The minimum atomic E-state index is 0.126. The molecule has 1 saturated carbocycles. The number of hydrazine groups is 1. The number of rotatable bonds is 5. The zero-order valence-electron chi connectivity index (χ0n) is 10.1. The van der Waals surface area contributed by atoms with Crippen LogP contribution < -0.4 is 11.3 Å². The predicted molar refractivity (Wildman–Crippen MR) is 72.3 cm³/mol. The maximum atomic E-state index is 5.62. The summed E-state index contributed by atoms with van der Waals surface area (Å²) in [6, 6.07) is 2.04. The average Bonchev–Trinajstić information content (AvgIpc) is 2.78. The van der Waals surface area contributed by atoms with Crippen molar-refractivity contribution in [2.75, 3.05) is 0 Å². The van der Waals surface area contributed by atoms with Gasteiger partial charge < -0.3 is 4.42 Å². The van der Waals surface area contributed by atoms with Gasteiger partial charge in [0.15, 0.2) is 0 Å². The second-order valence-corrected chi connectivity index (χ2v) is 5.79. The fraction of sp³-hybridized carbons (Fsp3) is 0.692. The summed E-state index contributed by atoms with van der Waals surface area (Å²) in [6.07, 6.45) is 11.0. The van der Waals surface area contributed by atoms with Gasteiger partial charge in [-0.1, -0.05) is 32.1 Å². The van der Waals surface area contributed by atoms with Crippen LogP contribution in [0.3, 0.4) is 0 Å². The maximum Gasteiger partial charge on any atom is 0.136 e. The molecule has 1 aliphatic carbocycles. The summed E-state index contributed by atoms with van der Waals surface area (Å²) >= 11 is 3.48. The van der Waals surface area contributed by atoms with Gasteiger partial charge in [-0.15, -0.1) is 0 Å². The number of hydrogen-bond acceptors (Lipinski definition) is 3. The average molecular weight is 301 g/mol. The highest BCUT2D eigenvalue weighted by Gasteiger charge is 2.20. The molecule has 0 aromatic carbocycles. The molecule has 1 fully saturated rings. The zero-order valence-corrected chi connectivity index (χ0v) is 11.7. The van der Waals surface area contributed by atoms with Crippen molar-refractivity contribution in [3.63, 3.8) is 0 Å². The van der Waals surface area contributed by atoms with E-state index in [1.807, 2.05) is 6.07 Å². The molecule has 2 rings (SSSR count). The number of nitrogens with one attached hydrogen (secondary N) is 1. The molecule has 1 aliphatic rings. The van der Waals surface area contributed by atoms with Crippen molar-refractivity contribution in [2.45, 2.75) is 51.0 Å². The third kappa shape index (κ3) is 3.57. The van der Waals surface area contributed by atoms with Gasteiger partial charge in [-0.25, -0.2) is 5.43 Å². The highest BCUT2D eigenvalue weighted by atomic mass is 79.9. The van der Waals surface area contributed by atoms with Gasteiger partial charge in [-0.2, -0.15) is 0 Å². The van der Waals surface area contributed by atoms with Crippen LogP contribution in [-0.4, -0.2) is 0 Å². The molecule has 1 aromatic heterocycles. The van der Waals surface area contributed by atoms with Crippen LogP contribution in [0.5, 0.6) is 0 Å². The van der Waals surface area contributed by atoms with Crippen molar-refractivity contribution in [3.05, 3.63) is 22.6 Å². The largest absolute Gasteiger partial charge is 0.466 e. The summed E-state index contributed by atoms with van der Waals surface area (Å²) in [4.78, 5) is 0. The third-order valence-electron chi connectivity index (χ3n) is 3.75. The second kappa shape index (κ2) is 6.57. The number of halogens is 1. The highest BCUT2D eigenvalue weighted by Crippen LogP contribution is 2.32. The molecule has 1 atom stereocenters. The summed E-state index contributed by atoms with van der Waals surface area (Å²) in [6.45, 7) is 0. The van der Waals surface area contributed by atoms with Gasteiger partial charge in [0.2, 0.25) is 0 Å².